The van der Waals surface area contributed by atoms with E-state index in [1.54, 1.807) is 72.8 Å². The number of benzene rings is 6. The highest BCUT2D eigenvalue weighted by molar-refractivity contribution is 5.80. The lowest BCUT2D eigenvalue weighted by molar-refractivity contribution is 0.330. The van der Waals surface area contributed by atoms with Crippen molar-refractivity contribution in [2.24, 2.45) is 0 Å². The van der Waals surface area contributed by atoms with Crippen LogP contribution in [-0.2, 0) is 21.7 Å². The van der Waals surface area contributed by atoms with Gasteiger partial charge in [-0.15, -0.1) is 0 Å². The quantitative estimate of drug-likeness (QED) is 0.0610. The molecule has 6 aromatic carbocycles. The Bertz CT molecular complexity index is 2440. The number of phenolic OH excluding ortho intramolecular Hbond substituents is 6. The van der Waals surface area contributed by atoms with Gasteiger partial charge in [-0.3, -0.25) is 0 Å². The number of hydrogen-bond acceptors (Lipinski definition) is 6. The molecule has 0 aliphatic heterocycles. The summed E-state index contributed by atoms with van der Waals surface area (Å²) in [7, 11) is 0. The van der Waals surface area contributed by atoms with Crippen LogP contribution in [0.1, 0.15) is 101 Å². The summed E-state index contributed by atoms with van der Waals surface area (Å²) in [5, 5.41) is 62.3. The number of allylic oxidation sites excluding steroid dienone is 4. The van der Waals surface area contributed by atoms with Crippen LogP contribution in [0.3, 0.4) is 0 Å². The molecule has 0 radical (unpaired) electrons. The molecule has 6 heteroatoms. The van der Waals surface area contributed by atoms with Gasteiger partial charge in [0.25, 0.3) is 0 Å². The van der Waals surface area contributed by atoms with Crippen molar-refractivity contribution in [1.29, 1.82) is 0 Å². The Kier molecular flexibility index (Phi) is 12.3. The molecule has 0 saturated carbocycles. The number of hydrogen-bond donors (Lipinski definition) is 6. The van der Waals surface area contributed by atoms with E-state index in [9.17, 15) is 30.6 Å². The van der Waals surface area contributed by atoms with Crippen molar-refractivity contribution in [2.45, 2.75) is 89.4 Å². The minimum atomic E-state index is -0.644. The van der Waals surface area contributed by atoms with Gasteiger partial charge < -0.3 is 30.6 Å². The van der Waals surface area contributed by atoms with Gasteiger partial charge >= 0.3 is 0 Å². The largest absolute Gasteiger partial charge is 0.508 e. The Morgan fingerprint density at radius 2 is 0.717 bits per heavy atom. The minimum Gasteiger partial charge on any atom is -0.508 e. The van der Waals surface area contributed by atoms with Crippen LogP contribution in [0.5, 0.6) is 34.5 Å². The summed E-state index contributed by atoms with van der Waals surface area (Å²) in [5.41, 5.74) is 7.22. The van der Waals surface area contributed by atoms with Crippen molar-refractivity contribution in [3.8, 4) is 34.5 Å². The second kappa shape index (κ2) is 17.1. The van der Waals surface area contributed by atoms with E-state index in [1.165, 1.54) is 0 Å². The molecule has 310 valence electrons. The molecule has 0 amide bonds. The summed E-state index contributed by atoms with van der Waals surface area (Å²) in [6.07, 6.45) is 4.15. The molecular formula is C54H58O6. The van der Waals surface area contributed by atoms with E-state index in [0.717, 1.165) is 50.1 Å². The fraction of sp³-hybridized carbons (Fsp3) is 0.259. The monoisotopic (exact) mass is 802 g/mol. The van der Waals surface area contributed by atoms with Crippen molar-refractivity contribution in [3.05, 3.63) is 191 Å². The fourth-order valence-electron chi connectivity index (χ4n) is 8.78. The van der Waals surface area contributed by atoms with Gasteiger partial charge in [-0.1, -0.05) is 127 Å². The standard InChI is InChI=1S/C54H58O6/c1-51(2,39-12-24-45(57)25-13-39)34-49(37-10-22-44(56)23-11-37)50(53(5,6)41-16-28-47(59)29-17-41)32-38(36-8-20-43(55)21-9-36)33-54(7,42-18-30-48(60)31-19-42)35-52(3,4)40-14-26-46(58)27-15-40/h8-32,55-60H,33-35H2,1-7H3. The molecule has 0 fully saturated rings. The van der Waals surface area contributed by atoms with E-state index < -0.39 is 16.2 Å². The number of phenols is 6. The molecule has 0 saturated heterocycles. The van der Waals surface area contributed by atoms with Gasteiger partial charge in [0.2, 0.25) is 0 Å². The van der Waals surface area contributed by atoms with Crippen LogP contribution in [0.15, 0.2) is 157 Å². The van der Waals surface area contributed by atoms with Crippen molar-refractivity contribution < 1.29 is 30.6 Å². The Labute approximate surface area is 355 Å². The third-order valence-electron chi connectivity index (χ3n) is 12.3. The molecule has 0 heterocycles. The topological polar surface area (TPSA) is 121 Å². The molecule has 6 rings (SSSR count). The summed E-state index contributed by atoms with van der Waals surface area (Å²) < 4.78 is 0. The van der Waals surface area contributed by atoms with Crippen molar-refractivity contribution in [2.75, 3.05) is 0 Å². The molecule has 60 heavy (non-hydrogen) atoms. The maximum Gasteiger partial charge on any atom is 0.115 e. The Balaban J connectivity index is 1.67. The summed E-state index contributed by atoms with van der Waals surface area (Å²) in [6, 6.07) is 44.3. The lowest BCUT2D eigenvalue weighted by atomic mass is 9.64. The predicted octanol–water partition coefficient (Wildman–Crippen LogP) is 12.8. The van der Waals surface area contributed by atoms with Crippen molar-refractivity contribution >= 4 is 11.1 Å². The average Bonchev–Trinajstić information content (AvgIpc) is 3.20. The lowest BCUT2D eigenvalue weighted by Gasteiger charge is -2.40. The fourth-order valence-corrected chi connectivity index (χ4v) is 8.78. The van der Waals surface area contributed by atoms with E-state index in [2.05, 4.69) is 54.5 Å². The molecule has 0 aromatic heterocycles. The molecule has 1 atom stereocenters. The van der Waals surface area contributed by atoms with Crippen LogP contribution in [0.4, 0.5) is 0 Å². The van der Waals surface area contributed by atoms with Crippen molar-refractivity contribution in [3.63, 3.8) is 0 Å². The third kappa shape index (κ3) is 9.89. The number of rotatable bonds is 14. The van der Waals surface area contributed by atoms with E-state index in [4.69, 9.17) is 0 Å². The first-order valence-electron chi connectivity index (χ1n) is 20.5. The maximum absolute atomic E-state index is 10.5. The highest BCUT2D eigenvalue weighted by Crippen LogP contribution is 2.49. The highest BCUT2D eigenvalue weighted by atomic mass is 16.3. The van der Waals surface area contributed by atoms with Crippen LogP contribution in [-0.4, -0.2) is 30.6 Å². The van der Waals surface area contributed by atoms with Gasteiger partial charge in [-0.25, -0.2) is 0 Å². The predicted molar refractivity (Wildman–Crippen MR) is 244 cm³/mol. The molecule has 0 aliphatic carbocycles. The average molecular weight is 803 g/mol. The normalized spacial score (nSPS) is 14.0. The second-order valence-electron chi connectivity index (χ2n) is 18.3. The van der Waals surface area contributed by atoms with Crippen LogP contribution in [0, 0.1) is 0 Å². The minimum absolute atomic E-state index is 0.161. The van der Waals surface area contributed by atoms with E-state index >= 15 is 0 Å². The van der Waals surface area contributed by atoms with E-state index in [-0.39, 0.29) is 39.9 Å². The highest BCUT2D eigenvalue weighted by Gasteiger charge is 2.38. The van der Waals surface area contributed by atoms with Gasteiger partial charge in [0.1, 0.15) is 34.5 Å². The zero-order valence-corrected chi connectivity index (χ0v) is 35.7. The SMILES string of the molecule is CC(C)(CC(=C(C=C(CC(C)(CC(C)(C)c1ccc(O)cc1)c1ccc(O)cc1)c1ccc(O)cc1)C(C)(C)c1ccc(O)cc1)c1ccc(O)cc1)c1ccc(O)cc1. The Morgan fingerprint density at radius 1 is 0.383 bits per heavy atom. The molecule has 0 spiro atoms. The summed E-state index contributed by atoms with van der Waals surface area (Å²) >= 11 is 0. The van der Waals surface area contributed by atoms with Crippen LogP contribution in [0.25, 0.3) is 11.1 Å². The molecule has 0 aliphatic rings. The zero-order valence-electron chi connectivity index (χ0n) is 35.7. The molecule has 0 bridgehead atoms. The lowest BCUT2D eigenvalue weighted by Crippen LogP contribution is -2.33. The van der Waals surface area contributed by atoms with Crippen LogP contribution < -0.4 is 0 Å². The number of aromatic hydroxyl groups is 6. The summed E-state index contributed by atoms with van der Waals surface area (Å²) in [4.78, 5) is 0. The van der Waals surface area contributed by atoms with Gasteiger partial charge in [0.05, 0.1) is 0 Å². The molecule has 6 nitrogen and oxygen atoms in total. The van der Waals surface area contributed by atoms with Gasteiger partial charge in [-0.05, 0) is 158 Å². The maximum atomic E-state index is 10.5. The van der Waals surface area contributed by atoms with Gasteiger partial charge in [-0.2, -0.15) is 0 Å². The Hall–Kier alpha value is -6.40. The third-order valence-corrected chi connectivity index (χ3v) is 12.3. The first-order valence-corrected chi connectivity index (χ1v) is 20.5. The van der Waals surface area contributed by atoms with Gasteiger partial charge in [0.15, 0.2) is 0 Å². The van der Waals surface area contributed by atoms with Crippen LogP contribution >= 0.6 is 0 Å². The molecule has 1 unspecified atom stereocenters. The first-order chi connectivity index (χ1) is 28.3. The summed E-state index contributed by atoms with van der Waals surface area (Å²) in [5.74, 6) is 1.09. The molecule has 6 N–H and O–H groups in total. The summed E-state index contributed by atoms with van der Waals surface area (Å²) in [6.45, 7) is 15.5. The van der Waals surface area contributed by atoms with E-state index in [1.807, 2.05) is 72.8 Å². The van der Waals surface area contributed by atoms with Crippen molar-refractivity contribution in [1.82, 2.24) is 0 Å². The van der Waals surface area contributed by atoms with Gasteiger partial charge in [0, 0.05) is 5.41 Å². The zero-order chi connectivity index (χ0) is 43.5. The van der Waals surface area contributed by atoms with Crippen LogP contribution in [0.2, 0.25) is 0 Å². The van der Waals surface area contributed by atoms with E-state index in [0.29, 0.717) is 19.3 Å². The smallest absolute Gasteiger partial charge is 0.115 e. The molecular weight excluding hydrogens is 745 g/mol. The molecule has 6 aromatic rings. The first kappa shape index (κ1) is 43.2. The second-order valence-corrected chi connectivity index (χ2v) is 18.3. The Morgan fingerprint density at radius 3 is 1.13 bits per heavy atom.